The molecule has 0 aliphatic heterocycles. The fourth-order valence-electron chi connectivity index (χ4n) is 4.36. The van der Waals surface area contributed by atoms with Gasteiger partial charge in [0, 0.05) is 45.0 Å². The number of anilines is 2. The summed E-state index contributed by atoms with van der Waals surface area (Å²) in [7, 11) is 0. The summed E-state index contributed by atoms with van der Waals surface area (Å²) < 4.78 is 18.2. The molecule has 0 atom stereocenters. The van der Waals surface area contributed by atoms with Gasteiger partial charge in [0.15, 0.2) is 5.82 Å². The highest BCUT2D eigenvalue weighted by Gasteiger charge is 2.25. The smallest absolute Gasteiger partial charge is 0.435 e. The first-order valence-corrected chi connectivity index (χ1v) is 16.7. The van der Waals surface area contributed by atoms with Crippen LogP contribution in [0.1, 0.15) is 54.7 Å². The van der Waals surface area contributed by atoms with Crippen molar-refractivity contribution >= 4 is 64.5 Å². The number of nitrogens with one attached hydrogen (secondary N) is 2. The molecule has 286 valence electrons. The Kier molecular flexibility index (Phi) is 14.7. The van der Waals surface area contributed by atoms with Crippen molar-refractivity contribution in [1.82, 2.24) is 14.9 Å². The van der Waals surface area contributed by atoms with Gasteiger partial charge < -0.3 is 37.1 Å². The largest absolute Gasteiger partial charge is 0.479 e. The predicted molar refractivity (Wildman–Crippen MR) is 203 cm³/mol. The molecule has 4 rings (SSSR count). The third-order valence-corrected chi connectivity index (χ3v) is 7.85. The predicted octanol–water partition coefficient (Wildman–Crippen LogP) is 5.50. The molecule has 0 unspecified atom stereocenters. The van der Waals surface area contributed by atoms with Gasteiger partial charge in [-0.15, -0.1) is 0 Å². The molecule has 3 aromatic carbocycles. The van der Waals surface area contributed by atoms with Crippen LogP contribution in [0.15, 0.2) is 76.6 Å². The summed E-state index contributed by atoms with van der Waals surface area (Å²) >= 11 is 12.2. The molecule has 2 amide bonds. The summed E-state index contributed by atoms with van der Waals surface area (Å²) in [4.78, 5) is 67.9. The van der Waals surface area contributed by atoms with Crippen molar-refractivity contribution in [2.45, 2.75) is 59.1 Å². The lowest BCUT2D eigenvalue weighted by Crippen LogP contribution is -2.35. The van der Waals surface area contributed by atoms with Crippen LogP contribution in [-0.2, 0) is 34.0 Å². The number of nitrogens with two attached hydrogens (primary N) is 2. The van der Waals surface area contributed by atoms with Gasteiger partial charge in [0.05, 0.1) is 17.5 Å². The average Bonchev–Trinajstić information content (AvgIpc) is 3.08. The number of amides is 2. The molecule has 15 nitrogen and oxygen atoms in total. The number of hydrogen-bond acceptors (Lipinski definition) is 9. The van der Waals surface area contributed by atoms with Gasteiger partial charge in [0.1, 0.15) is 19.0 Å². The SMILES string of the molecule is CC(C)(F)C(=O)O.CC(C)Nc1ncc(-c2cc(N)cc(C(=O)O)c2)n(CC(=O)NCc2ccc(/C(N)=N/C(=O)OCc3c(Cl)cccc3Cl)cc2)c1=O. The molecule has 8 N–H and O–H groups in total. The van der Waals surface area contributed by atoms with E-state index >= 15 is 0 Å². The van der Waals surface area contributed by atoms with Crippen LogP contribution in [0.3, 0.4) is 0 Å². The minimum absolute atomic E-state index is 0.0327. The number of rotatable bonds is 12. The van der Waals surface area contributed by atoms with Crippen molar-refractivity contribution in [3.8, 4) is 11.3 Å². The monoisotopic (exact) mass is 785 g/mol. The summed E-state index contributed by atoms with van der Waals surface area (Å²) in [5.41, 5.74) is 11.4. The maximum atomic E-state index is 13.4. The lowest BCUT2D eigenvalue weighted by atomic mass is 10.1. The number of amidine groups is 1. The van der Waals surface area contributed by atoms with Crippen LogP contribution in [-0.4, -0.2) is 61.2 Å². The van der Waals surface area contributed by atoms with Gasteiger partial charge in [-0.05, 0) is 63.6 Å². The van der Waals surface area contributed by atoms with E-state index in [9.17, 15) is 33.5 Å². The number of halogens is 3. The topological polar surface area (TPSA) is 241 Å². The van der Waals surface area contributed by atoms with Crippen LogP contribution < -0.4 is 27.7 Å². The molecular weight excluding hydrogens is 748 g/mol. The number of carbonyl (C=O) groups excluding carboxylic acids is 2. The molecule has 0 bridgehead atoms. The quantitative estimate of drug-likeness (QED) is 0.0593. The van der Waals surface area contributed by atoms with E-state index in [1.807, 2.05) is 13.8 Å². The zero-order valence-electron chi connectivity index (χ0n) is 29.5. The van der Waals surface area contributed by atoms with E-state index in [2.05, 4.69) is 20.6 Å². The average molecular weight is 787 g/mol. The summed E-state index contributed by atoms with van der Waals surface area (Å²) in [6.45, 7) is 5.18. The Labute approximate surface area is 318 Å². The Morgan fingerprint density at radius 3 is 2.19 bits per heavy atom. The second kappa shape index (κ2) is 18.7. The van der Waals surface area contributed by atoms with E-state index in [1.165, 1.54) is 29.0 Å². The fourth-order valence-corrected chi connectivity index (χ4v) is 4.87. The van der Waals surface area contributed by atoms with Gasteiger partial charge in [-0.25, -0.2) is 23.8 Å². The number of aliphatic carboxylic acids is 1. The number of alkyl halides is 1. The second-order valence-corrected chi connectivity index (χ2v) is 13.1. The number of aliphatic imine (C=N–C) groups is 1. The molecule has 0 saturated carbocycles. The van der Waals surface area contributed by atoms with Crippen LogP contribution >= 0.6 is 23.2 Å². The number of aromatic nitrogens is 2. The number of hydrogen-bond donors (Lipinski definition) is 6. The van der Waals surface area contributed by atoms with E-state index in [4.69, 9.17) is 44.5 Å². The number of nitrogens with zero attached hydrogens (tertiary/aromatic N) is 3. The third kappa shape index (κ3) is 12.3. The van der Waals surface area contributed by atoms with Gasteiger partial charge in [-0.3, -0.25) is 14.2 Å². The van der Waals surface area contributed by atoms with E-state index in [-0.39, 0.29) is 54.3 Å². The van der Waals surface area contributed by atoms with Gasteiger partial charge in [-0.1, -0.05) is 53.5 Å². The van der Waals surface area contributed by atoms with Crippen LogP contribution in [0.2, 0.25) is 10.0 Å². The lowest BCUT2D eigenvalue weighted by Gasteiger charge is -2.16. The first-order valence-electron chi connectivity index (χ1n) is 16.0. The molecule has 1 heterocycles. The summed E-state index contributed by atoms with van der Waals surface area (Å²) in [5.74, 6) is -3.17. The number of nitrogen functional groups attached to an aromatic ring is 1. The van der Waals surface area contributed by atoms with Crippen LogP contribution in [0, 0.1) is 0 Å². The van der Waals surface area contributed by atoms with Gasteiger partial charge in [0.25, 0.3) is 5.56 Å². The Morgan fingerprint density at radius 1 is 1.02 bits per heavy atom. The van der Waals surface area contributed by atoms with Crippen molar-refractivity contribution in [2.24, 2.45) is 10.7 Å². The molecule has 0 aliphatic carbocycles. The zero-order valence-corrected chi connectivity index (χ0v) is 31.0. The maximum Gasteiger partial charge on any atom is 0.435 e. The van der Waals surface area contributed by atoms with E-state index in [0.29, 0.717) is 32.3 Å². The zero-order chi connectivity index (χ0) is 40.3. The van der Waals surface area contributed by atoms with Gasteiger partial charge >= 0.3 is 18.0 Å². The number of aromatic carboxylic acids is 1. The molecule has 0 radical (unpaired) electrons. The van der Waals surface area contributed by atoms with Crippen LogP contribution in [0.5, 0.6) is 0 Å². The Morgan fingerprint density at radius 2 is 1.63 bits per heavy atom. The molecule has 4 aromatic rings. The van der Waals surface area contributed by atoms with E-state index in [1.54, 1.807) is 42.5 Å². The van der Waals surface area contributed by atoms with Crippen molar-refractivity contribution < 1.29 is 38.5 Å². The molecular formula is C36H38Cl2FN7O8. The number of carboxylic acid groups (broad SMARTS) is 2. The highest BCUT2D eigenvalue weighted by atomic mass is 35.5. The molecule has 0 saturated heterocycles. The Bertz CT molecular complexity index is 2100. The minimum Gasteiger partial charge on any atom is -0.479 e. The van der Waals surface area contributed by atoms with Crippen molar-refractivity contribution in [3.05, 3.63) is 110 Å². The maximum absolute atomic E-state index is 13.4. The number of ether oxygens (including phenoxy) is 1. The van der Waals surface area contributed by atoms with Gasteiger partial charge in [-0.2, -0.15) is 4.99 Å². The molecule has 0 aliphatic rings. The molecule has 0 fully saturated rings. The van der Waals surface area contributed by atoms with Crippen molar-refractivity contribution in [2.75, 3.05) is 11.1 Å². The van der Waals surface area contributed by atoms with Crippen LogP contribution in [0.4, 0.5) is 20.7 Å². The first kappa shape index (κ1) is 42.4. The standard InChI is InChI=1S/C32H31Cl2N7O6.C4H7FO2/c1-17(2)39-29-30(43)41(26(14-38-29)20-10-21(31(44)45)12-22(35)11-20)15-27(42)37-13-18-6-8-19(9-7-18)28(36)40-32(46)47-16-23-24(33)4-3-5-25(23)34;1-4(2,5)3(6)7/h3-12,14,17H,13,15-16,35H2,1-2H3,(H,37,42)(H,38,39)(H,44,45)(H2,36,40,46);1-2H3,(H,6,7). The number of carbonyl (C=O) groups is 4. The highest BCUT2D eigenvalue weighted by molar-refractivity contribution is 6.36. The van der Waals surface area contributed by atoms with Crippen molar-refractivity contribution in [1.29, 1.82) is 0 Å². The normalized spacial score (nSPS) is 11.3. The lowest BCUT2D eigenvalue weighted by molar-refractivity contribution is -0.148. The summed E-state index contributed by atoms with van der Waals surface area (Å²) in [6, 6.07) is 15.5. The van der Waals surface area contributed by atoms with Gasteiger partial charge in [0.2, 0.25) is 11.6 Å². The first-order chi connectivity index (χ1) is 25.3. The summed E-state index contributed by atoms with van der Waals surface area (Å²) in [6.07, 6.45) is 0.455. The number of benzene rings is 3. The fraction of sp³-hybridized carbons (Fsp3) is 0.250. The van der Waals surface area contributed by atoms with E-state index in [0.717, 1.165) is 13.8 Å². The second-order valence-electron chi connectivity index (χ2n) is 12.3. The third-order valence-electron chi connectivity index (χ3n) is 7.14. The molecule has 0 spiro atoms. The highest BCUT2D eigenvalue weighted by Crippen LogP contribution is 2.25. The number of carboxylic acids is 2. The van der Waals surface area contributed by atoms with Crippen LogP contribution in [0.25, 0.3) is 11.3 Å². The molecule has 54 heavy (non-hydrogen) atoms. The minimum atomic E-state index is -2.08. The van der Waals surface area contributed by atoms with Crippen molar-refractivity contribution in [3.63, 3.8) is 0 Å². The molecule has 18 heteroatoms. The van der Waals surface area contributed by atoms with E-state index < -0.39 is 35.2 Å². The Balaban J connectivity index is 0.00000102. The Hall–Kier alpha value is -6.00. The summed E-state index contributed by atoms with van der Waals surface area (Å²) in [5, 5.41) is 23.8. The molecule has 1 aromatic heterocycles.